The van der Waals surface area contributed by atoms with Crippen molar-refractivity contribution in [1.29, 1.82) is 0 Å². The minimum Gasteiger partial charge on any atom is -0.451 e. The van der Waals surface area contributed by atoms with Crippen molar-refractivity contribution in [2.45, 2.75) is 79.1 Å². The molecule has 0 rings (SSSR count). The third-order valence-electron chi connectivity index (χ3n) is 3.17. The van der Waals surface area contributed by atoms with Crippen LogP contribution in [0.15, 0.2) is 0 Å². The van der Waals surface area contributed by atoms with Crippen molar-refractivity contribution < 1.29 is 19.1 Å². The fourth-order valence-electron chi connectivity index (χ4n) is 1.74. The SMILES string of the molecule is CCCC(C)NC(=O)C(C)OC(=O)C(C)OCCC(C)C. The Bertz CT molecular complexity index is 317. The largest absolute Gasteiger partial charge is 0.451 e. The summed E-state index contributed by atoms with van der Waals surface area (Å²) in [4.78, 5) is 23.7. The van der Waals surface area contributed by atoms with Gasteiger partial charge in [-0.3, -0.25) is 4.79 Å². The highest BCUT2D eigenvalue weighted by Crippen LogP contribution is 2.05. The molecule has 0 heterocycles. The molecule has 0 aromatic heterocycles. The highest BCUT2D eigenvalue weighted by molar-refractivity contribution is 5.84. The maximum absolute atomic E-state index is 11.9. The van der Waals surface area contributed by atoms with E-state index in [9.17, 15) is 9.59 Å². The number of esters is 1. The fourth-order valence-corrected chi connectivity index (χ4v) is 1.74. The number of nitrogens with one attached hydrogen (secondary N) is 1. The third-order valence-corrected chi connectivity index (χ3v) is 3.17. The molecule has 0 saturated carbocycles. The van der Waals surface area contributed by atoms with Crippen LogP contribution in [0.25, 0.3) is 0 Å². The summed E-state index contributed by atoms with van der Waals surface area (Å²) in [6, 6.07) is 0.0865. The molecular formula is C16H31NO4. The zero-order valence-corrected chi connectivity index (χ0v) is 14.3. The maximum Gasteiger partial charge on any atom is 0.335 e. The van der Waals surface area contributed by atoms with Crippen LogP contribution in [-0.2, 0) is 19.1 Å². The van der Waals surface area contributed by atoms with Gasteiger partial charge in [0.1, 0.15) is 0 Å². The van der Waals surface area contributed by atoms with E-state index in [1.807, 2.05) is 6.92 Å². The molecule has 21 heavy (non-hydrogen) atoms. The van der Waals surface area contributed by atoms with E-state index < -0.39 is 18.2 Å². The second-order valence-electron chi connectivity index (χ2n) is 5.97. The highest BCUT2D eigenvalue weighted by atomic mass is 16.6. The Kier molecular flexibility index (Phi) is 10.0. The van der Waals surface area contributed by atoms with Crippen molar-refractivity contribution in [3.05, 3.63) is 0 Å². The third kappa shape index (κ3) is 9.45. The van der Waals surface area contributed by atoms with Crippen molar-refractivity contribution >= 4 is 11.9 Å². The topological polar surface area (TPSA) is 64.6 Å². The Hall–Kier alpha value is -1.10. The van der Waals surface area contributed by atoms with Crippen LogP contribution in [-0.4, -0.2) is 36.7 Å². The van der Waals surface area contributed by atoms with Gasteiger partial charge in [0, 0.05) is 12.6 Å². The Labute approximate surface area is 128 Å². The predicted octanol–water partition coefficient (Wildman–Crippen LogP) is 2.67. The van der Waals surface area contributed by atoms with E-state index in [2.05, 4.69) is 26.1 Å². The molecule has 5 heteroatoms. The van der Waals surface area contributed by atoms with Gasteiger partial charge in [-0.25, -0.2) is 4.79 Å². The minimum absolute atomic E-state index is 0.0865. The smallest absolute Gasteiger partial charge is 0.335 e. The molecule has 0 aromatic carbocycles. The number of hydrogen-bond donors (Lipinski definition) is 1. The van der Waals surface area contributed by atoms with Gasteiger partial charge in [0.2, 0.25) is 0 Å². The Morgan fingerprint density at radius 3 is 2.14 bits per heavy atom. The van der Waals surface area contributed by atoms with Crippen LogP contribution in [0.1, 0.15) is 60.8 Å². The summed E-state index contributed by atoms with van der Waals surface area (Å²) < 4.78 is 10.5. The van der Waals surface area contributed by atoms with Crippen molar-refractivity contribution in [2.24, 2.45) is 5.92 Å². The van der Waals surface area contributed by atoms with Gasteiger partial charge in [-0.05, 0) is 39.5 Å². The number of ether oxygens (including phenoxy) is 2. The molecule has 0 aliphatic rings. The number of carbonyl (C=O) groups is 2. The Morgan fingerprint density at radius 2 is 1.62 bits per heavy atom. The first-order chi connectivity index (χ1) is 9.77. The second-order valence-corrected chi connectivity index (χ2v) is 5.97. The molecule has 0 radical (unpaired) electrons. The van der Waals surface area contributed by atoms with Crippen molar-refractivity contribution in [1.82, 2.24) is 5.32 Å². The zero-order valence-electron chi connectivity index (χ0n) is 14.3. The average molecular weight is 301 g/mol. The van der Waals surface area contributed by atoms with E-state index in [0.717, 1.165) is 19.3 Å². The first-order valence-corrected chi connectivity index (χ1v) is 7.90. The highest BCUT2D eigenvalue weighted by Gasteiger charge is 2.23. The van der Waals surface area contributed by atoms with Crippen LogP contribution in [0.4, 0.5) is 0 Å². The molecule has 5 nitrogen and oxygen atoms in total. The number of amides is 1. The Morgan fingerprint density at radius 1 is 1.00 bits per heavy atom. The quantitative estimate of drug-likeness (QED) is 0.630. The first-order valence-electron chi connectivity index (χ1n) is 7.90. The molecule has 0 aliphatic heterocycles. The van der Waals surface area contributed by atoms with Gasteiger partial charge in [-0.1, -0.05) is 27.2 Å². The minimum atomic E-state index is -0.798. The van der Waals surface area contributed by atoms with Crippen molar-refractivity contribution in [2.75, 3.05) is 6.61 Å². The average Bonchev–Trinajstić information content (AvgIpc) is 2.37. The normalized spacial score (nSPS) is 15.4. The van der Waals surface area contributed by atoms with Gasteiger partial charge < -0.3 is 14.8 Å². The van der Waals surface area contributed by atoms with Gasteiger partial charge in [0.25, 0.3) is 5.91 Å². The molecule has 124 valence electrons. The lowest BCUT2D eigenvalue weighted by atomic mass is 10.1. The van der Waals surface area contributed by atoms with Crippen LogP contribution in [0.2, 0.25) is 0 Å². The van der Waals surface area contributed by atoms with E-state index in [1.165, 1.54) is 0 Å². The predicted molar refractivity (Wildman–Crippen MR) is 82.9 cm³/mol. The van der Waals surface area contributed by atoms with Crippen LogP contribution < -0.4 is 5.32 Å². The van der Waals surface area contributed by atoms with E-state index >= 15 is 0 Å². The monoisotopic (exact) mass is 301 g/mol. The molecular weight excluding hydrogens is 270 g/mol. The number of rotatable bonds is 10. The molecule has 1 amide bonds. The van der Waals surface area contributed by atoms with Gasteiger partial charge >= 0.3 is 5.97 Å². The molecule has 3 unspecified atom stereocenters. The molecule has 0 bridgehead atoms. The van der Waals surface area contributed by atoms with Crippen molar-refractivity contribution in [3.63, 3.8) is 0 Å². The molecule has 1 N–H and O–H groups in total. The van der Waals surface area contributed by atoms with Crippen LogP contribution >= 0.6 is 0 Å². The lowest BCUT2D eigenvalue weighted by molar-refractivity contribution is -0.165. The standard InChI is InChI=1S/C16H31NO4/c1-7-8-12(4)17-15(18)13(5)21-16(19)14(6)20-10-9-11(2)3/h11-14H,7-10H2,1-6H3,(H,17,18). The molecule has 0 aromatic rings. The Balaban J connectivity index is 4.09. The summed E-state index contributed by atoms with van der Waals surface area (Å²) >= 11 is 0. The maximum atomic E-state index is 11.9. The number of carbonyl (C=O) groups excluding carboxylic acids is 2. The molecule has 0 spiro atoms. The van der Waals surface area contributed by atoms with Gasteiger partial charge in [-0.2, -0.15) is 0 Å². The van der Waals surface area contributed by atoms with Gasteiger partial charge in [0.05, 0.1) is 0 Å². The summed E-state index contributed by atoms with van der Waals surface area (Å²) in [6.45, 7) is 11.9. The van der Waals surface area contributed by atoms with Crippen molar-refractivity contribution in [3.8, 4) is 0 Å². The summed E-state index contributed by atoms with van der Waals surface area (Å²) in [7, 11) is 0. The lowest BCUT2D eigenvalue weighted by Gasteiger charge is -2.19. The van der Waals surface area contributed by atoms with Crippen LogP contribution in [0.5, 0.6) is 0 Å². The van der Waals surface area contributed by atoms with Gasteiger partial charge in [-0.15, -0.1) is 0 Å². The molecule has 3 atom stereocenters. The lowest BCUT2D eigenvalue weighted by Crippen LogP contribution is -2.42. The zero-order chi connectivity index (χ0) is 16.4. The summed E-state index contributed by atoms with van der Waals surface area (Å²) in [6.07, 6.45) is 1.35. The second kappa shape index (κ2) is 10.6. The number of hydrogen-bond acceptors (Lipinski definition) is 4. The van der Waals surface area contributed by atoms with E-state index in [4.69, 9.17) is 9.47 Å². The first kappa shape index (κ1) is 19.9. The fraction of sp³-hybridized carbons (Fsp3) is 0.875. The van der Waals surface area contributed by atoms with Crippen LogP contribution in [0, 0.1) is 5.92 Å². The van der Waals surface area contributed by atoms with E-state index in [1.54, 1.807) is 13.8 Å². The summed E-state index contributed by atoms with van der Waals surface area (Å²) in [5.74, 6) is -0.235. The molecule has 0 aliphatic carbocycles. The summed E-state index contributed by atoms with van der Waals surface area (Å²) in [5, 5.41) is 2.83. The van der Waals surface area contributed by atoms with E-state index in [-0.39, 0.29) is 11.9 Å². The molecule has 0 saturated heterocycles. The van der Waals surface area contributed by atoms with Gasteiger partial charge in [0.15, 0.2) is 12.2 Å². The summed E-state index contributed by atoms with van der Waals surface area (Å²) in [5.41, 5.74) is 0. The van der Waals surface area contributed by atoms with E-state index in [0.29, 0.717) is 12.5 Å². The van der Waals surface area contributed by atoms with Crippen LogP contribution in [0.3, 0.4) is 0 Å². The molecule has 0 fully saturated rings.